The summed E-state index contributed by atoms with van der Waals surface area (Å²) in [7, 11) is 0. The van der Waals surface area contributed by atoms with Gasteiger partial charge in [0.25, 0.3) is 0 Å². The number of rotatable bonds is 3. The summed E-state index contributed by atoms with van der Waals surface area (Å²) in [6.45, 7) is 4.16. The van der Waals surface area contributed by atoms with Crippen LogP contribution in [0.2, 0.25) is 0 Å². The molecular formula is C12H14N2O2S. The number of ether oxygens (including phenoxy) is 1. The summed E-state index contributed by atoms with van der Waals surface area (Å²) in [5.41, 5.74) is 2.45. The minimum absolute atomic E-state index is 0.310. The van der Waals surface area contributed by atoms with E-state index in [0.29, 0.717) is 17.2 Å². The number of aromatic nitrogens is 2. The number of esters is 1. The highest BCUT2D eigenvalue weighted by molar-refractivity contribution is 7.98. The first kappa shape index (κ1) is 12.0. The van der Waals surface area contributed by atoms with Gasteiger partial charge in [0.1, 0.15) is 10.6 Å². The molecule has 0 saturated heterocycles. The largest absolute Gasteiger partial charge is 0.462 e. The Bertz CT molecular complexity index is 563. The highest BCUT2D eigenvalue weighted by atomic mass is 32.2. The molecule has 2 aromatic heterocycles. The molecule has 17 heavy (non-hydrogen) atoms. The van der Waals surface area contributed by atoms with E-state index in [-0.39, 0.29) is 5.97 Å². The third-order valence-corrected chi connectivity index (χ3v) is 3.09. The van der Waals surface area contributed by atoms with Gasteiger partial charge in [0.05, 0.1) is 12.1 Å². The molecule has 0 aliphatic carbocycles. The zero-order valence-electron chi connectivity index (χ0n) is 10.1. The molecule has 0 aliphatic rings. The molecule has 0 N–H and O–H groups in total. The Hall–Kier alpha value is -1.49. The third kappa shape index (κ3) is 2.15. The molecule has 0 saturated carbocycles. The molecule has 0 radical (unpaired) electrons. The quantitative estimate of drug-likeness (QED) is 0.620. The van der Waals surface area contributed by atoms with Gasteiger partial charge in [0.2, 0.25) is 0 Å². The van der Waals surface area contributed by atoms with E-state index in [1.54, 1.807) is 11.4 Å². The van der Waals surface area contributed by atoms with Crippen molar-refractivity contribution in [1.82, 2.24) is 9.61 Å². The van der Waals surface area contributed by atoms with Crippen molar-refractivity contribution >= 4 is 23.2 Å². The van der Waals surface area contributed by atoms with Gasteiger partial charge in [-0.1, -0.05) is 6.07 Å². The average molecular weight is 250 g/mol. The predicted octanol–water partition coefficient (Wildman–Crippen LogP) is 2.54. The highest BCUT2D eigenvalue weighted by Gasteiger charge is 2.20. The number of aryl methyl sites for hydroxylation is 1. The normalized spacial score (nSPS) is 10.8. The number of nitrogens with zero attached hydrogens (tertiary/aromatic N) is 2. The standard InChI is InChI=1S/C12H14N2O2S/c1-4-16-12(15)10-9-6-5-8(2)7-14(9)13-11(10)17-3/h5-7H,4H2,1-3H3. The summed E-state index contributed by atoms with van der Waals surface area (Å²) in [6.07, 6.45) is 3.80. The summed E-state index contributed by atoms with van der Waals surface area (Å²) in [4.78, 5) is 11.9. The fraction of sp³-hybridized carbons (Fsp3) is 0.333. The van der Waals surface area contributed by atoms with Crippen molar-refractivity contribution < 1.29 is 9.53 Å². The van der Waals surface area contributed by atoms with Crippen LogP contribution in [0.25, 0.3) is 5.52 Å². The molecule has 0 bridgehead atoms. The molecule has 90 valence electrons. The Morgan fingerprint density at radius 3 is 2.94 bits per heavy atom. The molecule has 0 aliphatic heterocycles. The minimum atomic E-state index is -0.310. The van der Waals surface area contributed by atoms with Gasteiger partial charge in [-0.2, -0.15) is 5.10 Å². The summed E-state index contributed by atoms with van der Waals surface area (Å²) < 4.78 is 6.79. The van der Waals surface area contributed by atoms with Crippen molar-refractivity contribution in [2.24, 2.45) is 0 Å². The van der Waals surface area contributed by atoms with Gasteiger partial charge < -0.3 is 4.74 Å². The lowest BCUT2D eigenvalue weighted by atomic mass is 10.2. The van der Waals surface area contributed by atoms with E-state index in [1.165, 1.54) is 11.8 Å². The zero-order chi connectivity index (χ0) is 12.4. The maximum atomic E-state index is 11.9. The Morgan fingerprint density at radius 1 is 1.53 bits per heavy atom. The topological polar surface area (TPSA) is 43.6 Å². The number of carbonyl (C=O) groups is 1. The summed E-state index contributed by atoms with van der Waals surface area (Å²) in [5.74, 6) is -0.310. The number of carbonyl (C=O) groups excluding carboxylic acids is 1. The lowest BCUT2D eigenvalue weighted by molar-refractivity contribution is 0.0524. The van der Waals surface area contributed by atoms with Gasteiger partial charge >= 0.3 is 5.97 Å². The predicted molar refractivity (Wildman–Crippen MR) is 67.7 cm³/mol. The zero-order valence-corrected chi connectivity index (χ0v) is 10.9. The second-order valence-corrected chi connectivity index (χ2v) is 4.44. The molecule has 0 amide bonds. The van der Waals surface area contributed by atoms with Crippen LogP contribution in [0.4, 0.5) is 0 Å². The first-order valence-corrected chi connectivity index (χ1v) is 6.60. The van der Waals surface area contributed by atoms with Gasteiger partial charge in [0.15, 0.2) is 0 Å². The van der Waals surface area contributed by atoms with Crippen LogP contribution >= 0.6 is 11.8 Å². The average Bonchev–Trinajstić information content (AvgIpc) is 2.66. The van der Waals surface area contributed by atoms with Crippen LogP contribution in [0.5, 0.6) is 0 Å². The van der Waals surface area contributed by atoms with Gasteiger partial charge in [-0.15, -0.1) is 11.8 Å². The molecule has 2 aromatic rings. The smallest absolute Gasteiger partial charge is 0.343 e. The van der Waals surface area contributed by atoms with Crippen LogP contribution in [0, 0.1) is 6.92 Å². The van der Waals surface area contributed by atoms with Crippen molar-refractivity contribution in [3.8, 4) is 0 Å². The van der Waals surface area contributed by atoms with Crippen molar-refractivity contribution in [3.63, 3.8) is 0 Å². The second-order valence-electron chi connectivity index (χ2n) is 3.64. The van der Waals surface area contributed by atoms with E-state index < -0.39 is 0 Å². The lowest BCUT2D eigenvalue weighted by Crippen LogP contribution is -2.05. The first-order valence-electron chi connectivity index (χ1n) is 5.37. The van der Waals surface area contributed by atoms with Gasteiger partial charge in [-0.3, -0.25) is 0 Å². The molecule has 0 unspecified atom stereocenters. The fourth-order valence-electron chi connectivity index (χ4n) is 1.67. The van der Waals surface area contributed by atoms with E-state index in [9.17, 15) is 4.79 Å². The minimum Gasteiger partial charge on any atom is -0.462 e. The maximum Gasteiger partial charge on any atom is 0.343 e. The van der Waals surface area contributed by atoms with Crippen molar-refractivity contribution in [3.05, 3.63) is 29.5 Å². The van der Waals surface area contributed by atoms with Crippen LogP contribution in [0.1, 0.15) is 22.8 Å². The van der Waals surface area contributed by atoms with E-state index in [0.717, 1.165) is 11.1 Å². The van der Waals surface area contributed by atoms with E-state index in [1.807, 2.05) is 31.5 Å². The molecule has 5 heteroatoms. The van der Waals surface area contributed by atoms with E-state index in [4.69, 9.17) is 4.74 Å². The Balaban J connectivity index is 2.62. The Morgan fingerprint density at radius 2 is 2.29 bits per heavy atom. The highest BCUT2D eigenvalue weighted by Crippen LogP contribution is 2.24. The summed E-state index contributed by atoms with van der Waals surface area (Å²) >= 11 is 1.45. The van der Waals surface area contributed by atoms with Gasteiger partial charge in [-0.05, 0) is 31.7 Å². The molecule has 2 rings (SSSR count). The van der Waals surface area contributed by atoms with E-state index >= 15 is 0 Å². The molecule has 0 aromatic carbocycles. The van der Waals surface area contributed by atoms with Crippen LogP contribution in [-0.2, 0) is 4.74 Å². The SMILES string of the molecule is CCOC(=O)c1c(SC)nn2cc(C)ccc12. The third-order valence-electron chi connectivity index (χ3n) is 2.42. The number of thioether (sulfide) groups is 1. The van der Waals surface area contributed by atoms with Crippen LogP contribution in [-0.4, -0.2) is 28.4 Å². The molecular weight excluding hydrogens is 236 g/mol. The second kappa shape index (κ2) is 4.79. The molecule has 2 heterocycles. The van der Waals surface area contributed by atoms with Crippen molar-refractivity contribution in [2.75, 3.05) is 12.9 Å². The summed E-state index contributed by atoms with van der Waals surface area (Å²) in [5, 5.41) is 5.08. The van der Waals surface area contributed by atoms with Gasteiger partial charge in [0, 0.05) is 6.20 Å². The molecule has 0 atom stereocenters. The Labute approximate surface area is 104 Å². The molecule has 0 fully saturated rings. The Kier molecular flexibility index (Phi) is 3.38. The van der Waals surface area contributed by atoms with Crippen molar-refractivity contribution in [2.45, 2.75) is 18.9 Å². The number of fused-ring (bicyclic) bond motifs is 1. The molecule has 0 spiro atoms. The fourth-order valence-corrected chi connectivity index (χ4v) is 2.23. The molecule has 4 nitrogen and oxygen atoms in total. The van der Waals surface area contributed by atoms with Crippen LogP contribution in [0.15, 0.2) is 23.4 Å². The van der Waals surface area contributed by atoms with Crippen LogP contribution < -0.4 is 0 Å². The van der Waals surface area contributed by atoms with Gasteiger partial charge in [-0.25, -0.2) is 9.31 Å². The number of pyridine rings is 1. The monoisotopic (exact) mass is 250 g/mol. The maximum absolute atomic E-state index is 11.9. The number of hydrogen-bond donors (Lipinski definition) is 0. The van der Waals surface area contributed by atoms with Crippen molar-refractivity contribution in [1.29, 1.82) is 0 Å². The number of hydrogen-bond acceptors (Lipinski definition) is 4. The first-order chi connectivity index (χ1) is 8.17. The lowest BCUT2D eigenvalue weighted by Gasteiger charge is -2.01. The van der Waals surface area contributed by atoms with Crippen LogP contribution in [0.3, 0.4) is 0 Å². The summed E-state index contributed by atoms with van der Waals surface area (Å²) in [6, 6.07) is 3.86. The van der Waals surface area contributed by atoms with E-state index in [2.05, 4.69) is 5.10 Å².